The smallest absolute Gasteiger partial charge is 0.178 e. The molecule has 2 aliphatic carbocycles. The maximum Gasteiger partial charge on any atom is 0.178 e. The summed E-state index contributed by atoms with van der Waals surface area (Å²) in [6, 6.07) is 0. The van der Waals surface area contributed by atoms with Crippen molar-refractivity contribution in [1.82, 2.24) is 0 Å². The van der Waals surface area contributed by atoms with E-state index in [2.05, 4.69) is 29.3 Å². The van der Waals surface area contributed by atoms with Crippen LogP contribution in [0.15, 0.2) is 77.0 Å². The minimum Gasteiger partial charge on any atom is -0.290 e. The minimum atomic E-state index is -0.335. The Morgan fingerprint density at radius 2 is 2.16 bits per heavy atom. The molecule has 0 bridgehead atoms. The summed E-state index contributed by atoms with van der Waals surface area (Å²) in [6.07, 6.45) is 21.4. The van der Waals surface area contributed by atoms with E-state index in [0.29, 0.717) is 0 Å². The van der Waals surface area contributed by atoms with E-state index < -0.39 is 0 Å². The Hall–Kier alpha value is -2.22. The lowest BCUT2D eigenvalue weighted by atomic mass is 9.63. The molecule has 1 aliphatic heterocycles. The molecule has 0 fully saturated rings. The van der Waals surface area contributed by atoms with Crippen molar-refractivity contribution in [3.05, 3.63) is 72.0 Å². The molecular weight excluding hydrogens is 234 g/mol. The molecule has 3 aliphatic rings. The molecule has 0 N–H and O–H groups in total. The van der Waals surface area contributed by atoms with Gasteiger partial charge in [-0.15, -0.1) is 0 Å². The third-order valence-electron chi connectivity index (χ3n) is 3.82. The van der Waals surface area contributed by atoms with E-state index in [1.165, 1.54) is 0 Å². The van der Waals surface area contributed by atoms with Crippen LogP contribution in [0.25, 0.3) is 0 Å². The Labute approximate surface area is 112 Å². The first-order valence-corrected chi connectivity index (χ1v) is 6.44. The highest BCUT2D eigenvalue weighted by Gasteiger charge is 2.43. The van der Waals surface area contributed by atoms with Gasteiger partial charge in [-0.2, -0.15) is 0 Å². The number of rotatable bonds is 1. The standard InChI is InChI=1S/C17H15NO/c1-2-4-13-5-3-6-14-7-8-16(19)11-15-9-10-18-12-17(13,14)15/h2-13H,1H3/b4-2+. The molecule has 1 spiro atoms. The third kappa shape index (κ3) is 1.72. The zero-order valence-electron chi connectivity index (χ0n) is 10.8. The summed E-state index contributed by atoms with van der Waals surface area (Å²) >= 11 is 0. The molecule has 0 aromatic carbocycles. The topological polar surface area (TPSA) is 29.4 Å². The summed E-state index contributed by atoms with van der Waals surface area (Å²) < 4.78 is 0. The number of carbonyl (C=O) groups is 1. The summed E-state index contributed by atoms with van der Waals surface area (Å²) in [5.74, 6) is 0.219. The largest absolute Gasteiger partial charge is 0.290 e. The summed E-state index contributed by atoms with van der Waals surface area (Å²) in [5, 5.41) is 0. The van der Waals surface area contributed by atoms with Crippen molar-refractivity contribution in [2.75, 3.05) is 0 Å². The van der Waals surface area contributed by atoms with Crippen LogP contribution < -0.4 is 0 Å². The van der Waals surface area contributed by atoms with E-state index in [0.717, 1.165) is 11.1 Å². The predicted octanol–water partition coefficient (Wildman–Crippen LogP) is 3.32. The summed E-state index contributed by atoms with van der Waals surface area (Å²) in [6.45, 7) is 2.01. The molecule has 0 aromatic rings. The second kappa shape index (κ2) is 4.47. The number of aliphatic imine (C=N–C) groups is 1. The molecule has 2 nitrogen and oxygen atoms in total. The van der Waals surface area contributed by atoms with Crippen LogP contribution in [-0.4, -0.2) is 12.0 Å². The van der Waals surface area contributed by atoms with Crippen molar-refractivity contribution in [3.63, 3.8) is 0 Å². The Morgan fingerprint density at radius 3 is 3.00 bits per heavy atom. The van der Waals surface area contributed by atoms with Gasteiger partial charge in [-0.3, -0.25) is 9.79 Å². The fraction of sp³-hybridized carbons (Fsp3) is 0.176. The van der Waals surface area contributed by atoms with E-state index in [1.807, 2.05) is 31.4 Å². The summed E-state index contributed by atoms with van der Waals surface area (Å²) in [5.41, 5.74) is 1.79. The van der Waals surface area contributed by atoms with Crippen LogP contribution in [0.4, 0.5) is 0 Å². The van der Waals surface area contributed by atoms with Gasteiger partial charge in [0, 0.05) is 18.3 Å². The number of ketones is 1. The van der Waals surface area contributed by atoms with E-state index in [4.69, 9.17) is 0 Å². The monoisotopic (exact) mass is 249 g/mol. The van der Waals surface area contributed by atoms with Gasteiger partial charge >= 0.3 is 0 Å². The Kier molecular flexibility index (Phi) is 2.79. The molecule has 0 saturated carbocycles. The van der Waals surface area contributed by atoms with Gasteiger partial charge in [0.25, 0.3) is 0 Å². The number of allylic oxidation sites excluding steroid dienone is 11. The minimum absolute atomic E-state index is 0.0313. The van der Waals surface area contributed by atoms with E-state index in [1.54, 1.807) is 18.4 Å². The van der Waals surface area contributed by atoms with Crippen molar-refractivity contribution < 1.29 is 4.79 Å². The molecule has 0 saturated heterocycles. The fourth-order valence-corrected chi connectivity index (χ4v) is 2.93. The van der Waals surface area contributed by atoms with Crippen molar-refractivity contribution in [3.8, 4) is 0 Å². The van der Waals surface area contributed by atoms with Gasteiger partial charge in [0.05, 0.1) is 5.41 Å². The summed E-state index contributed by atoms with van der Waals surface area (Å²) in [7, 11) is 0. The molecule has 1 heterocycles. The quantitative estimate of drug-likeness (QED) is 0.655. The SMILES string of the molecule is C/C=C/C1C=CC=C2C=CC(=O)C=C3C=CN=CC231. The molecule has 94 valence electrons. The van der Waals surface area contributed by atoms with Crippen LogP contribution in [0.1, 0.15) is 6.92 Å². The van der Waals surface area contributed by atoms with E-state index >= 15 is 0 Å². The van der Waals surface area contributed by atoms with Crippen LogP contribution in [0.3, 0.4) is 0 Å². The molecule has 2 heteroatoms. The first-order chi connectivity index (χ1) is 9.27. The molecule has 0 radical (unpaired) electrons. The van der Waals surface area contributed by atoms with Gasteiger partial charge in [-0.25, -0.2) is 0 Å². The maximum absolute atomic E-state index is 11.8. The molecule has 2 atom stereocenters. The molecule has 19 heavy (non-hydrogen) atoms. The van der Waals surface area contributed by atoms with E-state index in [9.17, 15) is 4.79 Å². The van der Waals surface area contributed by atoms with Gasteiger partial charge in [-0.1, -0.05) is 36.5 Å². The highest BCUT2D eigenvalue weighted by Crippen LogP contribution is 2.48. The molecule has 0 aromatic heterocycles. The third-order valence-corrected chi connectivity index (χ3v) is 3.82. The predicted molar refractivity (Wildman–Crippen MR) is 77.8 cm³/mol. The normalized spacial score (nSPS) is 31.8. The van der Waals surface area contributed by atoms with Crippen molar-refractivity contribution in [1.29, 1.82) is 0 Å². The summed E-state index contributed by atoms with van der Waals surface area (Å²) in [4.78, 5) is 16.2. The first-order valence-electron chi connectivity index (χ1n) is 6.44. The van der Waals surface area contributed by atoms with Gasteiger partial charge in [0.2, 0.25) is 0 Å². The molecule has 0 amide bonds. The van der Waals surface area contributed by atoms with Crippen LogP contribution in [0.2, 0.25) is 0 Å². The van der Waals surface area contributed by atoms with Crippen molar-refractivity contribution in [2.24, 2.45) is 16.3 Å². The van der Waals surface area contributed by atoms with Crippen LogP contribution in [-0.2, 0) is 4.79 Å². The average molecular weight is 249 g/mol. The highest BCUT2D eigenvalue weighted by atomic mass is 16.1. The maximum atomic E-state index is 11.8. The Balaban J connectivity index is 2.26. The second-order valence-corrected chi connectivity index (χ2v) is 4.86. The lowest BCUT2D eigenvalue weighted by molar-refractivity contribution is -0.110. The van der Waals surface area contributed by atoms with Gasteiger partial charge in [-0.05, 0) is 36.3 Å². The van der Waals surface area contributed by atoms with E-state index in [-0.39, 0.29) is 17.1 Å². The average Bonchev–Trinajstić information content (AvgIpc) is 2.56. The van der Waals surface area contributed by atoms with Gasteiger partial charge in [0.15, 0.2) is 5.78 Å². The number of carbonyl (C=O) groups excluding carboxylic acids is 1. The zero-order valence-corrected chi connectivity index (χ0v) is 10.8. The van der Waals surface area contributed by atoms with Gasteiger partial charge in [0.1, 0.15) is 0 Å². The fourth-order valence-electron chi connectivity index (χ4n) is 2.93. The highest BCUT2D eigenvalue weighted by molar-refractivity contribution is 6.03. The van der Waals surface area contributed by atoms with Crippen molar-refractivity contribution in [2.45, 2.75) is 6.92 Å². The molecular formula is C17H15NO. The second-order valence-electron chi connectivity index (χ2n) is 4.86. The lowest BCUT2D eigenvalue weighted by Gasteiger charge is -2.40. The zero-order chi connectivity index (χ0) is 13.3. The Bertz CT molecular complexity index is 622. The van der Waals surface area contributed by atoms with Crippen LogP contribution in [0.5, 0.6) is 0 Å². The number of nitrogens with zero attached hydrogens (tertiary/aromatic N) is 1. The van der Waals surface area contributed by atoms with Crippen LogP contribution >= 0.6 is 0 Å². The van der Waals surface area contributed by atoms with Crippen LogP contribution in [0, 0.1) is 11.3 Å². The lowest BCUT2D eigenvalue weighted by Crippen LogP contribution is -2.36. The first kappa shape index (κ1) is 11.8. The number of hydrogen-bond donors (Lipinski definition) is 0. The van der Waals surface area contributed by atoms with Gasteiger partial charge < -0.3 is 0 Å². The Morgan fingerprint density at radius 1 is 1.26 bits per heavy atom. The number of hydrogen-bond acceptors (Lipinski definition) is 2. The molecule has 2 unspecified atom stereocenters. The molecule has 3 rings (SSSR count). The van der Waals surface area contributed by atoms with Crippen molar-refractivity contribution >= 4 is 12.0 Å².